The number of fused-ring (bicyclic) bond motifs is 1. The van der Waals surface area contributed by atoms with E-state index in [-0.39, 0.29) is 5.78 Å². The summed E-state index contributed by atoms with van der Waals surface area (Å²) >= 11 is 0. The molecule has 0 fully saturated rings. The second-order valence-electron chi connectivity index (χ2n) is 5.20. The number of aryl methyl sites for hydroxylation is 1. The summed E-state index contributed by atoms with van der Waals surface area (Å²) in [7, 11) is 0. The van der Waals surface area contributed by atoms with Crippen LogP contribution in [0.4, 0.5) is 0 Å². The number of hydrogen-bond acceptors (Lipinski definition) is 2. The molecule has 0 saturated carbocycles. The van der Waals surface area contributed by atoms with E-state index >= 15 is 0 Å². The topological polar surface area (TPSA) is 26.3 Å². The molecule has 2 aromatic rings. The van der Waals surface area contributed by atoms with Crippen molar-refractivity contribution in [3.05, 3.63) is 41.5 Å². The van der Waals surface area contributed by atoms with Crippen LogP contribution in [0.5, 0.6) is 5.75 Å². The van der Waals surface area contributed by atoms with E-state index in [0.717, 1.165) is 34.1 Å². The Balaban J connectivity index is 2.41. The van der Waals surface area contributed by atoms with Gasteiger partial charge in [-0.3, -0.25) is 4.79 Å². The number of ketones is 1. The van der Waals surface area contributed by atoms with Crippen molar-refractivity contribution in [3.8, 4) is 5.75 Å². The van der Waals surface area contributed by atoms with Crippen molar-refractivity contribution in [2.45, 2.75) is 40.0 Å². The molecule has 0 aliphatic rings. The van der Waals surface area contributed by atoms with Gasteiger partial charge in [0, 0.05) is 10.9 Å². The van der Waals surface area contributed by atoms with Gasteiger partial charge in [0.15, 0.2) is 5.78 Å². The lowest BCUT2D eigenvalue weighted by atomic mass is 9.97. The van der Waals surface area contributed by atoms with Crippen molar-refractivity contribution >= 4 is 16.6 Å². The van der Waals surface area contributed by atoms with E-state index in [1.165, 1.54) is 12.8 Å². The van der Waals surface area contributed by atoms with Gasteiger partial charge in [0.2, 0.25) is 0 Å². The molecule has 0 spiro atoms. The Labute approximate surface area is 120 Å². The summed E-state index contributed by atoms with van der Waals surface area (Å²) in [6, 6.07) is 10.0. The molecule has 0 bridgehead atoms. The monoisotopic (exact) mass is 270 g/mol. The highest BCUT2D eigenvalue weighted by atomic mass is 16.5. The molecule has 0 saturated heterocycles. The fraction of sp³-hybridized carbons (Fsp3) is 0.389. The highest BCUT2D eigenvalue weighted by Gasteiger charge is 2.12. The van der Waals surface area contributed by atoms with E-state index in [4.69, 9.17) is 4.74 Å². The van der Waals surface area contributed by atoms with Crippen LogP contribution in [0, 0.1) is 6.92 Å². The zero-order valence-electron chi connectivity index (χ0n) is 12.5. The summed E-state index contributed by atoms with van der Waals surface area (Å²) < 4.78 is 5.91. The number of hydrogen-bond donors (Lipinski definition) is 0. The van der Waals surface area contributed by atoms with Crippen LogP contribution in [0.25, 0.3) is 10.8 Å². The van der Waals surface area contributed by atoms with Gasteiger partial charge in [-0.25, -0.2) is 0 Å². The maximum absolute atomic E-state index is 11.8. The Morgan fingerprint density at radius 1 is 1.15 bits per heavy atom. The van der Waals surface area contributed by atoms with E-state index < -0.39 is 0 Å². The molecule has 0 unspecified atom stereocenters. The van der Waals surface area contributed by atoms with E-state index in [1.54, 1.807) is 6.92 Å². The van der Waals surface area contributed by atoms with Crippen molar-refractivity contribution < 1.29 is 9.53 Å². The average molecular weight is 270 g/mol. The summed E-state index contributed by atoms with van der Waals surface area (Å²) in [5.74, 6) is 0.916. The normalized spacial score (nSPS) is 10.8. The van der Waals surface area contributed by atoms with Gasteiger partial charge in [-0.2, -0.15) is 0 Å². The third-order valence-corrected chi connectivity index (χ3v) is 3.66. The van der Waals surface area contributed by atoms with Gasteiger partial charge in [0.25, 0.3) is 0 Å². The molecule has 20 heavy (non-hydrogen) atoms. The molecule has 0 heterocycles. The van der Waals surface area contributed by atoms with Crippen molar-refractivity contribution in [3.63, 3.8) is 0 Å². The van der Waals surface area contributed by atoms with Crippen LogP contribution in [-0.2, 0) is 0 Å². The molecule has 0 atom stereocenters. The van der Waals surface area contributed by atoms with Gasteiger partial charge < -0.3 is 4.74 Å². The fourth-order valence-corrected chi connectivity index (χ4v) is 2.51. The molecule has 2 nitrogen and oxygen atoms in total. The lowest BCUT2D eigenvalue weighted by Gasteiger charge is -2.14. The zero-order valence-corrected chi connectivity index (χ0v) is 12.5. The van der Waals surface area contributed by atoms with Gasteiger partial charge in [-0.05, 0) is 37.3 Å². The minimum atomic E-state index is 0.0895. The van der Waals surface area contributed by atoms with E-state index in [2.05, 4.69) is 19.1 Å². The molecule has 2 heteroatoms. The lowest BCUT2D eigenvalue weighted by Crippen LogP contribution is -2.02. The van der Waals surface area contributed by atoms with E-state index in [1.807, 2.05) is 25.1 Å². The fourth-order valence-electron chi connectivity index (χ4n) is 2.51. The summed E-state index contributed by atoms with van der Waals surface area (Å²) in [5.41, 5.74) is 1.79. The van der Waals surface area contributed by atoms with Gasteiger partial charge >= 0.3 is 0 Å². The van der Waals surface area contributed by atoms with Crippen molar-refractivity contribution in [1.29, 1.82) is 0 Å². The highest BCUT2D eigenvalue weighted by molar-refractivity contribution is 6.03. The van der Waals surface area contributed by atoms with Crippen LogP contribution in [0.3, 0.4) is 0 Å². The molecule has 2 rings (SSSR count). The number of unbranched alkanes of at least 4 members (excludes halogenated alkanes) is 2. The van der Waals surface area contributed by atoms with E-state index in [0.29, 0.717) is 6.61 Å². The Bertz CT molecular complexity index is 614. The van der Waals surface area contributed by atoms with Crippen molar-refractivity contribution in [1.82, 2.24) is 0 Å². The second kappa shape index (κ2) is 6.56. The maximum Gasteiger partial charge on any atom is 0.160 e. The van der Waals surface area contributed by atoms with Crippen LogP contribution in [0.1, 0.15) is 49.0 Å². The zero-order chi connectivity index (χ0) is 14.5. The maximum atomic E-state index is 11.8. The van der Waals surface area contributed by atoms with Crippen molar-refractivity contribution in [2.75, 3.05) is 6.61 Å². The van der Waals surface area contributed by atoms with Gasteiger partial charge in [0.05, 0.1) is 6.61 Å². The largest absolute Gasteiger partial charge is 0.493 e. The molecular formula is C18H22O2. The Kier molecular flexibility index (Phi) is 4.78. The quantitative estimate of drug-likeness (QED) is 0.550. The predicted octanol–water partition coefficient (Wildman–Crippen LogP) is 4.92. The first kappa shape index (κ1) is 14.6. The Hall–Kier alpha value is -1.83. The number of carbonyl (C=O) groups excluding carboxylic acids is 1. The highest BCUT2D eigenvalue weighted by Crippen LogP contribution is 2.31. The number of carbonyl (C=O) groups is 1. The minimum absolute atomic E-state index is 0.0895. The van der Waals surface area contributed by atoms with Gasteiger partial charge in [-0.15, -0.1) is 0 Å². The summed E-state index contributed by atoms with van der Waals surface area (Å²) in [6.07, 6.45) is 3.40. The predicted molar refractivity (Wildman–Crippen MR) is 83.7 cm³/mol. The van der Waals surface area contributed by atoms with Crippen LogP contribution < -0.4 is 4.74 Å². The second-order valence-corrected chi connectivity index (χ2v) is 5.20. The third kappa shape index (κ3) is 3.01. The molecule has 0 N–H and O–H groups in total. The summed E-state index contributed by atoms with van der Waals surface area (Å²) in [5, 5.41) is 2.19. The minimum Gasteiger partial charge on any atom is -0.493 e. The van der Waals surface area contributed by atoms with Crippen LogP contribution in [0.15, 0.2) is 30.3 Å². The number of ether oxygens (including phenoxy) is 1. The lowest BCUT2D eigenvalue weighted by molar-refractivity contribution is 0.101. The number of benzene rings is 2. The molecule has 0 aliphatic heterocycles. The summed E-state index contributed by atoms with van der Waals surface area (Å²) in [6.45, 7) is 6.49. The van der Waals surface area contributed by atoms with Crippen molar-refractivity contribution in [2.24, 2.45) is 0 Å². The first-order valence-corrected chi connectivity index (χ1v) is 7.31. The standard InChI is InChI=1S/C18H22O2/c1-4-5-8-11-20-18-12-17(14(3)19)13(2)15-9-6-7-10-16(15)18/h6-7,9-10,12H,4-5,8,11H2,1-3H3. The van der Waals surface area contributed by atoms with E-state index in [9.17, 15) is 4.79 Å². The molecular weight excluding hydrogens is 248 g/mol. The van der Waals surface area contributed by atoms with Crippen LogP contribution in [-0.4, -0.2) is 12.4 Å². The molecule has 0 aliphatic carbocycles. The SMILES string of the molecule is CCCCCOc1cc(C(C)=O)c(C)c2ccccc12. The van der Waals surface area contributed by atoms with Gasteiger partial charge in [-0.1, -0.05) is 44.0 Å². The third-order valence-electron chi connectivity index (χ3n) is 3.66. The Morgan fingerprint density at radius 2 is 1.85 bits per heavy atom. The summed E-state index contributed by atoms with van der Waals surface area (Å²) in [4.78, 5) is 11.8. The van der Waals surface area contributed by atoms with Gasteiger partial charge in [0.1, 0.15) is 5.75 Å². The van der Waals surface area contributed by atoms with Crippen LogP contribution in [0.2, 0.25) is 0 Å². The average Bonchev–Trinajstić information content (AvgIpc) is 2.45. The molecule has 0 amide bonds. The molecule has 2 aromatic carbocycles. The molecule has 0 radical (unpaired) electrons. The number of Topliss-reactive ketones (excluding diaryl/α,β-unsaturated/α-hetero) is 1. The molecule has 106 valence electrons. The smallest absolute Gasteiger partial charge is 0.160 e. The first-order valence-electron chi connectivity index (χ1n) is 7.31. The Morgan fingerprint density at radius 3 is 2.50 bits per heavy atom. The molecule has 0 aromatic heterocycles. The number of rotatable bonds is 6. The first-order chi connectivity index (χ1) is 9.65. The van der Waals surface area contributed by atoms with Crippen LogP contribution >= 0.6 is 0 Å².